The highest BCUT2D eigenvalue weighted by Gasteiger charge is 2.26. The van der Waals surface area contributed by atoms with Crippen LogP contribution in [0.2, 0.25) is 0 Å². The quantitative estimate of drug-likeness (QED) is 0.167. The van der Waals surface area contributed by atoms with Crippen LogP contribution in [0.3, 0.4) is 0 Å². The number of aliphatic hydroxyl groups is 1. The van der Waals surface area contributed by atoms with Crippen LogP contribution in [0, 0.1) is 11.8 Å². The average Bonchev–Trinajstić information content (AvgIpc) is 2.84. The molecule has 3 atom stereocenters. The zero-order valence-corrected chi connectivity index (χ0v) is 21.2. The van der Waals surface area contributed by atoms with Crippen molar-refractivity contribution in [3.63, 3.8) is 0 Å². The third kappa shape index (κ3) is 12.9. The summed E-state index contributed by atoms with van der Waals surface area (Å²) in [6, 6.07) is 8.78. The second kappa shape index (κ2) is 17.5. The first kappa shape index (κ1) is 30.1. The Morgan fingerprint density at radius 3 is 2.37 bits per heavy atom. The Kier molecular flexibility index (Phi) is 15.0. The number of amides is 2. The van der Waals surface area contributed by atoms with Crippen LogP contribution in [0.1, 0.15) is 57.9 Å². The van der Waals surface area contributed by atoms with Gasteiger partial charge in [-0.3, -0.25) is 14.4 Å². The van der Waals surface area contributed by atoms with Gasteiger partial charge in [-0.15, -0.1) is 13.2 Å². The van der Waals surface area contributed by atoms with Gasteiger partial charge in [-0.2, -0.15) is 0 Å². The highest BCUT2D eigenvalue weighted by Crippen LogP contribution is 2.13. The summed E-state index contributed by atoms with van der Waals surface area (Å²) >= 11 is 0. The van der Waals surface area contributed by atoms with E-state index in [2.05, 4.69) is 23.8 Å². The highest BCUT2D eigenvalue weighted by atomic mass is 16.5. The van der Waals surface area contributed by atoms with E-state index in [1.165, 1.54) is 0 Å². The molecule has 0 saturated heterocycles. The molecular formula is C28H42N2O5. The molecule has 0 fully saturated rings. The number of rotatable bonds is 18. The largest absolute Gasteiger partial charge is 0.463 e. The molecule has 0 saturated carbocycles. The van der Waals surface area contributed by atoms with Crippen molar-refractivity contribution in [1.29, 1.82) is 0 Å². The number of ether oxygens (including phenoxy) is 1. The number of unbranched alkanes of at least 4 members (excludes halogenated alkanes) is 2. The standard InChI is InChI=1S/C28H42N2O5/c1-5-7-8-12-16-27(33)35-20-25(21(3)4)30-28(34)23(13-6-2)18-26(32)29-24(19-31)17-22-14-10-9-11-15-22/h5-6,9-11,14-15,21,23-25,31H,1-2,7-8,12-13,16-20H2,3-4H3,(H,29,32)(H,30,34). The van der Waals surface area contributed by atoms with Gasteiger partial charge in [-0.05, 0) is 43.6 Å². The molecule has 0 aliphatic heterocycles. The van der Waals surface area contributed by atoms with Gasteiger partial charge in [0.15, 0.2) is 0 Å². The van der Waals surface area contributed by atoms with E-state index in [-0.39, 0.29) is 49.4 Å². The Morgan fingerprint density at radius 2 is 1.77 bits per heavy atom. The maximum Gasteiger partial charge on any atom is 0.305 e. The second-order valence-electron chi connectivity index (χ2n) is 9.14. The first-order valence-corrected chi connectivity index (χ1v) is 12.4. The number of carbonyl (C=O) groups excluding carboxylic acids is 3. The van der Waals surface area contributed by atoms with Gasteiger partial charge in [0.25, 0.3) is 0 Å². The molecule has 2 amide bonds. The zero-order chi connectivity index (χ0) is 26.1. The van der Waals surface area contributed by atoms with Crippen molar-refractivity contribution >= 4 is 17.8 Å². The fraction of sp³-hybridized carbons (Fsp3) is 0.536. The summed E-state index contributed by atoms with van der Waals surface area (Å²) in [6.45, 7) is 11.1. The van der Waals surface area contributed by atoms with Crippen molar-refractivity contribution in [1.82, 2.24) is 10.6 Å². The fourth-order valence-corrected chi connectivity index (χ4v) is 3.57. The van der Waals surface area contributed by atoms with E-state index >= 15 is 0 Å². The summed E-state index contributed by atoms with van der Waals surface area (Å²) < 4.78 is 5.38. The molecule has 7 nitrogen and oxygen atoms in total. The molecule has 35 heavy (non-hydrogen) atoms. The Bertz CT molecular complexity index is 794. The van der Waals surface area contributed by atoms with Gasteiger partial charge in [0.1, 0.15) is 6.61 Å². The summed E-state index contributed by atoms with van der Waals surface area (Å²) in [5, 5.41) is 15.5. The lowest BCUT2D eigenvalue weighted by Crippen LogP contribution is -2.46. The molecule has 0 aliphatic rings. The summed E-state index contributed by atoms with van der Waals surface area (Å²) in [5.41, 5.74) is 1.00. The Hall–Kier alpha value is -2.93. The summed E-state index contributed by atoms with van der Waals surface area (Å²) in [5.74, 6) is -1.46. The van der Waals surface area contributed by atoms with Crippen molar-refractivity contribution in [2.75, 3.05) is 13.2 Å². The number of allylic oxidation sites excluding steroid dienone is 2. The van der Waals surface area contributed by atoms with E-state index < -0.39 is 12.0 Å². The van der Waals surface area contributed by atoms with Crippen LogP contribution in [0.25, 0.3) is 0 Å². The monoisotopic (exact) mass is 486 g/mol. The predicted molar refractivity (Wildman–Crippen MR) is 138 cm³/mol. The fourth-order valence-electron chi connectivity index (χ4n) is 3.57. The maximum absolute atomic E-state index is 13.0. The van der Waals surface area contributed by atoms with Crippen LogP contribution in [0.5, 0.6) is 0 Å². The molecule has 7 heteroatoms. The van der Waals surface area contributed by atoms with Gasteiger partial charge in [-0.1, -0.05) is 56.3 Å². The van der Waals surface area contributed by atoms with Gasteiger partial charge < -0.3 is 20.5 Å². The minimum atomic E-state index is -0.612. The Balaban J connectivity index is 2.62. The molecule has 3 N–H and O–H groups in total. The van der Waals surface area contributed by atoms with Crippen molar-refractivity contribution in [3.05, 3.63) is 61.2 Å². The molecule has 0 spiro atoms. The molecule has 0 aliphatic carbocycles. The molecule has 194 valence electrons. The number of nitrogens with one attached hydrogen (secondary N) is 2. The van der Waals surface area contributed by atoms with E-state index in [0.29, 0.717) is 19.3 Å². The lowest BCUT2D eigenvalue weighted by molar-refractivity contribution is -0.145. The smallest absolute Gasteiger partial charge is 0.305 e. The van der Waals surface area contributed by atoms with Crippen LogP contribution in [0.4, 0.5) is 0 Å². The molecule has 1 rings (SSSR count). The zero-order valence-electron chi connectivity index (χ0n) is 21.2. The van der Waals surface area contributed by atoms with E-state index in [0.717, 1.165) is 24.8 Å². The number of hydrogen-bond donors (Lipinski definition) is 3. The number of esters is 1. The minimum Gasteiger partial charge on any atom is -0.463 e. The average molecular weight is 487 g/mol. The molecule has 1 aromatic carbocycles. The van der Waals surface area contributed by atoms with Crippen LogP contribution >= 0.6 is 0 Å². The van der Waals surface area contributed by atoms with Crippen LogP contribution < -0.4 is 10.6 Å². The number of benzene rings is 1. The van der Waals surface area contributed by atoms with E-state index in [9.17, 15) is 19.5 Å². The van der Waals surface area contributed by atoms with Crippen LogP contribution in [-0.4, -0.2) is 48.2 Å². The lowest BCUT2D eigenvalue weighted by atomic mass is 9.97. The van der Waals surface area contributed by atoms with Gasteiger partial charge in [-0.25, -0.2) is 0 Å². The molecule has 0 bridgehead atoms. The van der Waals surface area contributed by atoms with E-state index in [1.807, 2.05) is 50.3 Å². The van der Waals surface area contributed by atoms with Crippen molar-refractivity contribution in [2.45, 2.75) is 70.9 Å². The van der Waals surface area contributed by atoms with Gasteiger partial charge in [0, 0.05) is 12.8 Å². The summed E-state index contributed by atoms with van der Waals surface area (Å²) in [7, 11) is 0. The third-order valence-electron chi connectivity index (χ3n) is 5.76. The first-order valence-electron chi connectivity index (χ1n) is 12.4. The molecule has 0 aromatic heterocycles. The molecule has 0 radical (unpaired) electrons. The third-order valence-corrected chi connectivity index (χ3v) is 5.76. The predicted octanol–water partition coefficient (Wildman–Crippen LogP) is 3.72. The van der Waals surface area contributed by atoms with E-state index in [1.54, 1.807) is 6.08 Å². The minimum absolute atomic E-state index is 0.0307. The number of aliphatic hydroxyl groups excluding tert-OH is 1. The molecular weight excluding hydrogens is 444 g/mol. The van der Waals surface area contributed by atoms with Crippen molar-refractivity contribution < 1.29 is 24.2 Å². The van der Waals surface area contributed by atoms with Crippen LogP contribution in [0.15, 0.2) is 55.6 Å². The van der Waals surface area contributed by atoms with Crippen LogP contribution in [-0.2, 0) is 25.5 Å². The number of carbonyl (C=O) groups is 3. The maximum atomic E-state index is 13.0. The van der Waals surface area contributed by atoms with Gasteiger partial charge >= 0.3 is 5.97 Å². The Morgan fingerprint density at radius 1 is 1.06 bits per heavy atom. The lowest BCUT2D eigenvalue weighted by Gasteiger charge is -2.25. The summed E-state index contributed by atoms with van der Waals surface area (Å²) in [6.07, 6.45) is 7.04. The first-order chi connectivity index (χ1) is 16.8. The Labute approximate surface area is 210 Å². The highest BCUT2D eigenvalue weighted by molar-refractivity contribution is 5.86. The summed E-state index contributed by atoms with van der Waals surface area (Å²) in [4.78, 5) is 37.7. The van der Waals surface area contributed by atoms with E-state index in [4.69, 9.17) is 4.74 Å². The second-order valence-corrected chi connectivity index (χ2v) is 9.14. The van der Waals surface area contributed by atoms with Gasteiger partial charge in [0.05, 0.1) is 24.6 Å². The molecule has 3 unspecified atom stereocenters. The normalized spacial score (nSPS) is 13.4. The molecule has 0 heterocycles. The van der Waals surface area contributed by atoms with Crippen molar-refractivity contribution in [2.24, 2.45) is 11.8 Å². The van der Waals surface area contributed by atoms with Crippen molar-refractivity contribution in [3.8, 4) is 0 Å². The molecule has 1 aromatic rings. The number of hydrogen-bond acceptors (Lipinski definition) is 5. The topological polar surface area (TPSA) is 105 Å². The van der Waals surface area contributed by atoms with Gasteiger partial charge in [0.2, 0.25) is 11.8 Å². The SMILES string of the molecule is C=CCCCCC(=O)OCC(NC(=O)C(CC=C)CC(=O)NC(CO)Cc1ccccc1)C(C)C.